The van der Waals surface area contributed by atoms with Crippen molar-refractivity contribution in [1.29, 1.82) is 0 Å². The Kier molecular flexibility index (Phi) is 5.13. The van der Waals surface area contributed by atoms with E-state index >= 15 is 0 Å². The number of rotatable bonds is 7. The fraction of sp³-hybridized carbons (Fsp3) is 0.625. The van der Waals surface area contributed by atoms with Gasteiger partial charge in [0.2, 0.25) is 0 Å². The van der Waals surface area contributed by atoms with Gasteiger partial charge in [-0.1, -0.05) is 36.8 Å². The van der Waals surface area contributed by atoms with E-state index in [1.165, 1.54) is 30.4 Å². The van der Waals surface area contributed by atoms with Crippen molar-refractivity contribution >= 4 is 11.8 Å². The second-order valence-corrected chi connectivity index (χ2v) is 6.79. The third-order valence-electron chi connectivity index (χ3n) is 3.85. The Morgan fingerprint density at radius 1 is 1.28 bits per heavy atom. The fourth-order valence-corrected chi connectivity index (χ4v) is 2.67. The number of thioether (sulfide) groups is 1. The Bertz CT molecular complexity index is 356. The molecule has 1 aliphatic carbocycles. The monoisotopic (exact) mass is 263 g/mol. The first kappa shape index (κ1) is 14.0. The maximum atomic E-state index is 3.77. The van der Waals surface area contributed by atoms with Crippen molar-refractivity contribution in [2.75, 3.05) is 12.8 Å². The van der Waals surface area contributed by atoms with Crippen LogP contribution in [0.3, 0.4) is 0 Å². The zero-order chi connectivity index (χ0) is 13.0. The summed E-state index contributed by atoms with van der Waals surface area (Å²) in [5.74, 6) is 0.872. The average Bonchev–Trinajstić information content (AvgIpc) is 3.20. The van der Waals surface area contributed by atoms with Crippen molar-refractivity contribution < 1.29 is 0 Å². The second kappa shape index (κ2) is 6.63. The molecular weight excluding hydrogens is 238 g/mol. The number of aryl methyl sites for hydroxylation is 1. The van der Waals surface area contributed by atoms with Gasteiger partial charge in [0.1, 0.15) is 0 Å². The SMILES string of the molecule is CSC(C)CCNC(c1ccc(C)cc1)C1CC1. The lowest BCUT2D eigenvalue weighted by atomic mass is 10.0. The predicted octanol–water partition coefficient (Wildman–Crippen LogP) is 4.18. The molecule has 1 saturated carbocycles. The van der Waals surface area contributed by atoms with E-state index in [1.807, 2.05) is 11.8 Å². The standard InChI is InChI=1S/C16H25NS/c1-12-4-6-14(7-5-12)16(15-8-9-15)17-11-10-13(2)18-3/h4-7,13,15-17H,8-11H2,1-3H3. The van der Waals surface area contributed by atoms with Gasteiger partial charge in [-0.15, -0.1) is 0 Å². The maximum Gasteiger partial charge on any atom is 0.0348 e. The summed E-state index contributed by atoms with van der Waals surface area (Å²) in [6.45, 7) is 5.60. The molecule has 1 aliphatic rings. The minimum absolute atomic E-state index is 0.583. The van der Waals surface area contributed by atoms with Crippen molar-refractivity contribution in [3.05, 3.63) is 35.4 Å². The van der Waals surface area contributed by atoms with Gasteiger partial charge in [-0.05, 0) is 50.5 Å². The van der Waals surface area contributed by atoms with E-state index in [0.717, 1.165) is 17.7 Å². The largest absolute Gasteiger partial charge is 0.310 e. The van der Waals surface area contributed by atoms with E-state index in [9.17, 15) is 0 Å². The summed E-state index contributed by atoms with van der Waals surface area (Å²) in [7, 11) is 0. The summed E-state index contributed by atoms with van der Waals surface area (Å²) in [6.07, 6.45) is 6.24. The third kappa shape index (κ3) is 4.03. The van der Waals surface area contributed by atoms with Crippen LogP contribution in [-0.2, 0) is 0 Å². The van der Waals surface area contributed by atoms with Crippen LogP contribution in [0.2, 0.25) is 0 Å². The highest BCUT2D eigenvalue weighted by atomic mass is 32.2. The molecule has 2 rings (SSSR count). The molecule has 0 spiro atoms. The molecule has 1 nitrogen and oxygen atoms in total. The van der Waals surface area contributed by atoms with Crippen LogP contribution in [0, 0.1) is 12.8 Å². The number of hydrogen-bond acceptors (Lipinski definition) is 2. The Morgan fingerprint density at radius 3 is 2.50 bits per heavy atom. The molecule has 18 heavy (non-hydrogen) atoms. The highest BCUT2D eigenvalue weighted by Crippen LogP contribution is 2.41. The van der Waals surface area contributed by atoms with Gasteiger partial charge >= 0.3 is 0 Å². The molecule has 0 aliphatic heterocycles. The lowest BCUT2D eigenvalue weighted by Crippen LogP contribution is -2.25. The topological polar surface area (TPSA) is 12.0 Å². The Labute approximate surface area is 116 Å². The molecular formula is C16H25NS. The van der Waals surface area contributed by atoms with Crippen molar-refractivity contribution in [2.24, 2.45) is 5.92 Å². The number of benzene rings is 1. The van der Waals surface area contributed by atoms with E-state index in [1.54, 1.807) is 0 Å². The van der Waals surface area contributed by atoms with Crippen LogP contribution in [0.15, 0.2) is 24.3 Å². The van der Waals surface area contributed by atoms with Gasteiger partial charge in [0.15, 0.2) is 0 Å². The first-order chi connectivity index (χ1) is 8.70. The summed E-state index contributed by atoms with van der Waals surface area (Å²) >= 11 is 1.96. The van der Waals surface area contributed by atoms with Crippen molar-refractivity contribution in [1.82, 2.24) is 5.32 Å². The van der Waals surface area contributed by atoms with Crippen LogP contribution >= 0.6 is 11.8 Å². The van der Waals surface area contributed by atoms with Crippen LogP contribution in [0.5, 0.6) is 0 Å². The van der Waals surface area contributed by atoms with E-state index in [2.05, 4.69) is 49.7 Å². The number of nitrogens with one attached hydrogen (secondary N) is 1. The van der Waals surface area contributed by atoms with Crippen LogP contribution in [0.4, 0.5) is 0 Å². The molecule has 100 valence electrons. The molecule has 1 N–H and O–H groups in total. The van der Waals surface area contributed by atoms with Crippen molar-refractivity contribution in [2.45, 2.75) is 44.4 Å². The molecule has 0 bridgehead atoms. The third-order valence-corrected chi connectivity index (χ3v) is 4.89. The molecule has 0 radical (unpaired) electrons. The normalized spacial score (nSPS) is 18.6. The van der Waals surface area contributed by atoms with E-state index < -0.39 is 0 Å². The van der Waals surface area contributed by atoms with Gasteiger partial charge in [-0.3, -0.25) is 0 Å². The summed E-state index contributed by atoms with van der Waals surface area (Å²) in [6, 6.07) is 9.64. The van der Waals surface area contributed by atoms with Gasteiger partial charge in [0.05, 0.1) is 0 Å². The summed E-state index contributed by atoms with van der Waals surface area (Å²) in [5, 5.41) is 4.53. The molecule has 0 heterocycles. The Balaban J connectivity index is 1.90. The highest BCUT2D eigenvalue weighted by Gasteiger charge is 2.31. The van der Waals surface area contributed by atoms with Crippen LogP contribution in [0.1, 0.15) is 43.4 Å². The van der Waals surface area contributed by atoms with E-state index in [-0.39, 0.29) is 0 Å². The quantitative estimate of drug-likeness (QED) is 0.792. The highest BCUT2D eigenvalue weighted by molar-refractivity contribution is 7.99. The zero-order valence-corrected chi connectivity index (χ0v) is 12.6. The summed E-state index contributed by atoms with van der Waals surface area (Å²) < 4.78 is 0. The van der Waals surface area contributed by atoms with Crippen LogP contribution in [-0.4, -0.2) is 18.1 Å². The molecule has 0 aromatic heterocycles. The lowest BCUT2D eigenvalue weighted by Gasteiger charge is -2.20. The van der Waals surface area contributed by atoms with Gasteiger partial charge in [-0.25, -0.2) is 0 Å². The van der Waals surface area contributed by atoms with Gasteiger partial charge in [0.25, 0.3) is 0 Å². The lowest BCUT2D eigenvalue weighted by molar-refractivity contribution is 0.475. The summed E-state index contributed by atoms with van der Waals surface area (Å²) in [4.78, 5) is 0. The van der Waals surface area contributed by atoms with Crippen molar-refractivity contribution in [3.63, 3.8) is 0 Å². The average molecular weight is 263 g/mol. The molecule has 2 heteroatoms. The fourth-order valence-electron chi connectivity index (χ4n) is 2.32. The number of hydrogen-bond donors (Lipinski definition) is 1. The van der Waals surface area contributed by atoms with Gasteiger partial charge in [-0.2, -0.15) is 11.8 Å². The minimum Gasteiger partial charge on any atom is -0.310 e. The molecule has 1 fully saturated rings. The molecule has 1 aromatic carbocycles. The Morgan fingerprint density at radius 2 is 1.94 bits per heavy atom. The maximum absolute atomic E-state index is 3.77. The molecule has 1 aromatic rings. The Hall–Kier alpha value is -0.470. The van der Waals surface area contributed by atoms with E-state index in [4.69, 9.17) is 0 Å². The second-order valence-electron chi connectivity index (χ2n) is 5.51. The van der Waals surface area contributed by atoms with E-state index in [0.29, 0.717) is 6.04 Å². The minimum atomic E-state index is 0.583. The van der Waals surface area contributed by atoms with Gasteiger partial charge < -0.3 is 5.32 Å². The smallest absolute Gasteiger partial charge is 0.0348 e. The molecule has 0 saturated heterocycles. The molecule has 0 amide bonds. The molecule has 2 unspecified atom stereocenters. The first-order valence-electron chi connectivity index (χ1n) is 7.03. The van der Waals surface area contributed by atoms with Crippen LogP contribution < -0.4 is 5.32 Å². The predicted molar refractivity (Wildman–Crippen MR) is 82.2 cm³/mol. The zero-order valence-electron chi connectivity index (χ0n) is 11.8. The molecule has 2 atom stereocenters. The van der Waals surface area contributed by atoms with Crippen molar-refractivity contribution in [3.8, 4) is 0 Å². The summed E-state index contributed by atoms with van der Waals surface area (Å²) in [5.41, 5.74) is 2.82. The van der Waals surface area contributed by atoms with Gasteiger partial charge in [0, 0.05) is 11.3 Å². The van der Waals surface area contributed by atoms with Crippen LogP contribution in [0.25, 0.3) is 0 Å². The first-order valence-corrected chi connectivity index (χ1v) is 8.32.